The Balaban J connectivity index is 1.78. The van der Waals surface area contributed by atoms with Crippen LogP contribution in [0.15, 0.2) is 47.2 Å². The maximum absolute atomic E-state index is 12.6. The summed E-state index contributed by atoms with van der Waals surface area (Å²) in [5.74, 6) is 1.19. The number of nitrogens with zero attached hydrogens (tertiary/aromatic N) is 3. The number of fused-ring (bicyclic) bond motifs is 1. The van der Waals surface area contributed by atoms with Gasteiger partial charge in [-0.1, -0.05) is 26.0 Å². The van der Waals surface area contributed by atoms with Crippen molar-refractivity contribution in [3.05, 3.63) is 58.8 Å². The molecule has 0 spiro atoms. The fourth-order valence-corrected chi connectivity index (χ4v) is 4.66. The monoisotopic (exact) mass is 478 g/mol. The van der Waals surface area contributed by atoms with Gasteiger partial charge in [0.25, 0.3) is 0 Å². The summed E-state index contributed by atoms with van der Waals surface area (Å²) in [5.41, 5.74) is 4.83. The lowest BCUT2D eigenvalue weighted by atomic mass is 9.81. The Kier molecular flexibility index (Phi) is 6.76. The molecule has 1 unspecified atom stereocenters. The van der Waals surface area contributed by atoms with E-state index in [0.29, 0.717) is 22.9 Å². The third kappa shape index (κ3) is 4.71. The number of carbonyl (C=O) groups excluding carboxylic acids is 1. The molecule has 0 aliphatic carbocycles. The Morgan fingerprint density at radius 1 is 1.14 bits per heavy atom. The molecule has 1 saturated heterocycles. The first-order valence-electron chi connectivity index (χ1n) is 11.8. The van der Waals surface area contributed by atoms with Crippen molar-refractivity contribution >= 4 is 23.5 Å². The number of piperidine rings is 1. The third-order valence-electron chi connectivity index (χ3n) is 6.79. The average molecular weight is 479 g/mol. The molecule has 0 saturated carbocycles. The summed E-state index contributed by atoms with van der Waals surface area (Å²) in [6.07, 6.45) is 2.36. The zero-order valence-corrected chi connectivity index (χ0v) is 21.3. The van der Waals surface area contributed by atoms with Crippen molar-refractivity contribution in [1.82, 2.24) is 10.3 Å². The van der Waals surface area contributed by atoms with E-state index >= 15 is 0 Å². The van der Waals surface area contributed by atoms with Gasteiger partial charge in [-0.15, -0.1) is 0 Å². The molecule has 2 aromatic carbocycles. The van der Waals surface area contributed by atoms with Gasteiger partial charge in [0, 0.05) is 48.1 Å². The number of aliphatic hydroxyl groups excluding tert-OH is 1. The number of urea groups is 1. The van der Waals surface area contributed by atoms with Crippen molar-refractivity contribution in [2.75, 3.05) is 39.3 Å². The molecule has 1 fully saturated rings. The molecule has 0 radical (unpaired) electrons. The Morgan fingerprint density at radius 3 is 2.40 bits per heavy atom. The molecule has 2 aliphatic rings. The molecule has 2 N–H and O–H groups in total. The standard InChI is InChI=1S/C27H34N4O4/c1-17-13-19-14-22(34-5)23(35-6)15-21(19)25(29-31(17)26(33)28-4)18-7-9-20(10-8-18)30-12-11-24(32)27(2,3)16-30/h7-10,13-15,24,32H,11-12,16H2,1-6H3,(H,28,33). The molecule has 8 heteroatoms. The minimum Gasteiger partial charge on any atom is -0.493 e. The second-order valence-corrected chi connectivity index (χ2v) is 9.66. The first-order chi connectivity index (χ1) is 16.7. The van der Waals surface area contributed by atoms with Crippen LogP contribution < -0.4 is 19.7 Å². The molecule has 2 aromatic rings. The maximum atomic E-state index is 12.6. The second kappa shape index (κ2) is 9.62. The number of allylic oxidation sites excluding steroid dienone is 1. The summed E-state index contributed by atoms with van der Waals surface area (Å²) in [6, 6.07) is 11.7. The number of hydrogen-bond donors (Lipinski definition) is 2. The Hall–Kier alpha value is -3.52. The highest BCUT2D eigenvalue weighted by molar-refractivity contribution is 6.16. The SMILES string of the molecule is CNC(=O)N1N=C(c2ccc(N3CCC(O)C(C)(C)C3)cc2)c2cc(OC)c(OC)cc2C=C1C. The van der Waals surface area contributed by atoms with Crippen LogP contribution in [0.4, 0.5) is 10.5 Å². The van der Waals surface area contributed by atoms with Gasteiger partial charge in [-0.25, -0.2) is 4.79 Å². The van der Waals surface area contributed by atoms with E-state index in [9.17, 15) is 9.90 Å². The smallest absolute Gasteiger partial charge is 0.342 e. The van der Waals surface area contributed by atoms with Crippen molar-refractivity contribution in [3.8, 4) is 11.5 Å². The number of hydrazone groups is 1. The van der Waals surface area contributed by atoms with Crippen molar-refractivity contribution < 1.29 is 19.4 Å². The lowest BCUT2D eigenvalue weighted by Gasteiger charge is -2.43. The van der Waals surface area contributed by atoms with Crippen LogP contribution in [0, 0.1) is 5.41 Å². The van der Waals surface area contributed by atoms with Crippen molar-refractivity contribution in [2.24, 2.45) is 10.5 Å². The van der Waals surface area contributed by atoms with Crippen LogP contribution in [0.2, 0.25) is 0 Å². The van der Waals surface area contributed by atoms with E-state index in [1.165, 1.54) is 5.01 Å². The molecular weight excluding hydrogens is 444 g/mol. The highest BCUT2D eigenvalue weighted by Crippen LogP contribution is 2.36. The topological polar surface area (TPSA) is 86.6 Å². The molecule has 2 amide bonds. The number of aliphatic hydroxyl groups is 1. The number of methoxy groups -OCH3 is 2. The third-order valence-corrected chi connectivity index (χ3v) is 6.79. The number of hydrogen-bond acceptors (Lipinski definition) is 6. The van der Waals surface area contributed by atoms with Gasteiger partial charge >= 0.3 is 6.03 Å². The number of rotatable bonds is 4. The lowest BCUT2D eigenvalue weighted by Crippen LogP contribution is -2.48. The minimum atomic E-state index is -0.325. The van der Waals surface area contributed by atoms with Crippen LogP contribution in [-0.2, 0) is 0 Å². The molecule has 186 valence electrons. The van der Waals surface area contributed by atoms with Crippen molar-refractivity contribution in [3.63, 3.8) is 0 Å². The number of nitrogens with one attached hydrogen (secondary N) is 1. The molecule has 4 rings (SSSR count). The Labute approximate surface area is 206 Å². The predicted octanol–water partition coefficient (Wildman–Crippen LogP) is 4.07. The van der Waals surface area contributed by atoms with E-state index in [1.54, 1.807) is 21.3 Å². The first kappa shape index (κ1) is 24.6. The summed E-state index contributed by atoms with van der Waals surface area (Å²) in [6.45, 7) is 7.62. The van der Waals surface area contributed by atoms with Crippen LogP contribution >= 0.6 is 0 Å². The molecule has 35 heavy (non-hydrogen) atoms. The van der Waals surface area contributed by atoms with Crippen LogP contribution in [-0.4, -0.2) is 62.3 Å². The summed E-state index contributed by atoms with van der Waals surface area (Å²) >= 11 is 0. The molecule has 1 atom stereocenters. The van der Waals surface area contributed by atoms with E-state index in [-0.39, 0.29) is 17.6 Å². The Morgan fingerprint density at radius 2 is 1.80 bits per heavy atom. The maximum Gasteiger partial charge on any atom is 0.342 e. The summed E-state index contributed by atoms with van der Waals surface area (Å²) < 4.78 is 11.1. The number of amides is 2. The van der Waals surface area contributed by atoms with Gasteiger partial charge in [-0.2, -0.15) is 10.1 Å². The molecule has 0 aromatic heterocycles. The molecule has 2 heterocycles. The van der Waals surface area contributed by atoms with Gasteiger partial charge < -0.3 is 24.8 Å². The average Bonchev–Trinajstić information content (AvgIpc) is 2.99. The van der Waals surface area contributed by atoms with Gasteiger partial charge in [0.1, 0.15) is 0 Å². The number of anilines is 1. The highest BCUT2D eigenvalue weighted by atomic mass is 16.5. The van der Waals surface area contributed by atoms with Gasteiger partial charge in [-0.3, -0.25) is 0 Å². The van der Waals surface area contributed by atoms with Crippen LogP contribution in [0.1, 0.15) is 43.9 Å². The summed E-state index contributed by atoms with van der Waals surface area (Å²) in [4.78, 5) is 14.9. The molecule has 8 nitrogen and oxygen atoms in total. The van der Waals surface area contributed by atoms with Gasteiger partial charge in [0.15, 0.2) is 11.5 Å². The molecule has 0 bridgehead atoms. The quantitative estimate of drug-likeness (QED) is 0.692. The first-order valence-corrected chi connectivity index (χ1v) is 11.8. The second-order valence-electron chi connectivity index (χ2n) is 9.66. The van der Waals surface area contributed by atoms with Crippen molar-refractivity contribution in [1.29, 1.82) is 0 Å². The van der Waals surface area contributed by atoms with E-state index in [4.69, 9.17) is 14.6 Å². The van der Waals surface area contributed by atoms with Crippen molar-refractivity contribution in [2.45, 2.75) is 33.3 Å². The largest absolute Gasteiger partial charge is 0.493 e. The Bertz CT molecular complexity index is 1170. The molecular formula is C27H34N4O4. The van der Waals surface area contributed by atoms with E-state index in [2.05, 4.69) is 36.2 Å². The van der Waals surface area contributed by atoms with Gasteiger partial charge in [0.05, 0.1) is 26.0 Å². The van der Waals surface area contributed by atoms with Gasteiger partial charge in [0.2, 0.25) is 0 Å². The lowest BCUT2D eigenvalue weighted by molar-refractivity contribution is 0.0336. The number of benzene rings is 2. The minimum absolute atomic E-state index is 0.173. The number of carbonyl (C=O) groups is 1. The van der Waals surface area contributed by atoms with Crippen LogP contribution in [0.3, 0.4) is 0 Å². The predicted molar refractivity (Wildman–Crippen MR) is 138 cm³/mol. The summed E-state index contributed by atoms with van der Waals surface area (Å²) in [5, 5.41) is 19.1. The zero-order chi connectivity index (χ0) is 25.3. The zero-order valence-electron chi connectivity index (χ0n) is 21.3. The molecule has 2 aliphatic heterocycles. The summed E-state index contributed by atoms with van der Waals surface area (Å²) in [7, 11) is 4.78. The fourth-order valence-electron chi connectivity index (χ4n) is 4.66. The van der Waals surface area contributed by atoms with E-state index < -0.39 is 0 Å². The van der Waals surface area contributed by atoms with E-state index in [0.717, 1.165) is 41.9 Å². The van der Waals surface area contributed by atoms with Gasteiger partial charge in [-0.05, 0) is 49.2 Å². The van der Waals surface area contributed by atoms with Crippen LogP contribution in [0.5, 0.6) is 11.5 Å². The number of ether oxygens (including phenoxy) is 2. The van der Waals surface area contributed by atoms with Crippen LogP contribution in [0.25, 0.3) is 6.08 Å². The van der Waals surface area contributed by atoms with E-state index in [1.807, 2.05) is 37.3 Å². The normalized spacial score (nSPS) is 19.2. The fraction of sp³-hybridized carbons (Fsp3) is 0.407. The highest BCUT2D eigenvalue weighted by Gasteiger charge is 2.34.